The molecule has 1 heterocycles. The van der Waals surface area contributed by atoms with Crippen molar-refractivity contribution >= 4 is 0 Å². The number of rotatable bonds is 4. The van der Waals surface area contributed by atoms with Crippen LogP contribution in [0.15, 0.2) is 30.6 Å². The van der Waals surface area contributed by atoms with Crippen LogP contribution in [0.4, 0.5) is 0 Å². The molecule has 0 amide bonds. The molecule has 0 bridgehead atoms. The Morgan fingerprint density at radius 1 is 1.40 bits per heavy atom. The van der Waals surface area contributed by atoms with E-state index in [9.17, 15) is 0 Å². The van der Waals surface area contributed by atoms with Crippen molar-refractivity contribution in [2.45, 2.75) is 51.1 Å². The Balaban J connectivity index is 1.80. The van der Waals surface area contributed by atoms with E-state index < -0.39 is 0 Å². The van der Waals surface area contributed by atoms with Crippen molar-refractivity contribution in [1.82, 2.24) is 14.8 Å². The molecule has 2 unspecified atom stereocenters. The minimum Gasteiger partial charge on any atom is -0.327 e. The second kappa shape index (κ2) is 5.75. The van der Waals surface area contributed by atoms with Gasteiger partial charge in [-0.2, -0.15) is 5.10 Å². The molecule has 0 saturated heterocycles. The summed E-state index contributed by atoms with van der Waals surface area (Å²) in [5, 5.41) is 4.23. The number of nitrogens with zero attached hydrogens (tertiary/aromatic N) is 3. The van der Waals surface area contributed by atoms with Gasteiger partial charge in [-0.25, -0.2) is 4.98 Å². The van der Waals surface area contributed by atoms with Gasteiger partial charge in [0, 0.05) is 19.0 Å². The summed E-state index contributed by atoms with van der Waals surface area (Å²) in [6.07, 6.45) is 6.02. The second-order valence-corrected chi connectivity index (χ2v) is 5.56. The third kappa shape index (κ3) is 2.48. The number of nitrogens with two attached hydrogens (primary N) is 1. The van der Waals surface area contributed by atoms with Crippen molar-refractivity contribution in [3.63, 3.8) is 0 Å². The van der Waals surface area contributed by atoms with Crippen LogP contribution in [-0.2, 0) is 19.4 Å². The molecule has 106 valence electrons. The largest absolute Gasteiger partial charge is 0.327 e. The molecule has 1 aromatic heterocycles. The summed E-state index contributed by atoms with van der Waals surface area (Å²) in [6, 6.07) is 8.84. The van der Waals surface area contributed by atoms with Gasteiger partial charge in [0.05, 0.1) is 0 Å². The van der Waals surface area contributed by atoms with E-state index in [0.29, 0.717) is 5.92 Å². The fourth-order valence-corrected chi connectivity index (χ4v) is 3.30. The fourth-order valence-electron chi connectivity index (χ4n) is 3.30. The van der Waals surface area contributed by atoms with Gasteiger partial charge >= 0.3 is 0 Å². The average Bonchev–Trinajstić information content (AvgIpc) is 2.93. The molecule has 0 aliphatic heterocycles. The third-order valence-electron chi connectivity index (χ3n) is 4.35. The Kier molecular flexibility index (Phi) is 3.83. The first-order valence-electron chi connectivity index (χ1n) is 7.49. The zero-order chi connectivity index (χ0) is 13.9. The van der Waals surface area contributed by atoms with Crippen LogP contribution in [0.25, 0.3) is 0 Å². The average molecular weight is 270 g/mol. The molecule has 1 aliphatic rings. The third-order valence-corrected chi connectivity index (χ3v) is 4.35. The van der Waals surface area contributed by atoms with Crippen LogP contribution in [0.2, 0.25) is 0 Å². The van der Waals surface area contributed by atoms with Gasteiger partial charge in [0.1, 0.15) is 12.2 Å². The maximum atomic E-state index is 6.50. The lowest BCUT2D eigenvalue weighted by Crippen LogP contribution is -2.34. The second-order valence-electron chi connectivity index (χ2n) is 5.56. The van der Waals surface area contributed by atoms with Crippen LogP contribution in [0, 0.1) is 0 Å². The Labute approximate surface area is 120 Å². The minimum absolute atomic E-state index is 0.117. The molecule has 3 rings (SSSR count). The van der Waals surface area contributed by atoms with Crippen molar-refractivity contribution in [2.75, 3.05) is 0 Å². The maximum Gasteiger partial charge on any atom is 0.138 e. The summed E-state index contributed by atoms with van der Waals surface area (Å²) >= 11 is 0. The number of hydrogen-bond donors (Lipinski definition) is 1. The highest BCUT2D eigenvalue weighted by atomic mass is 15.3. The zero-order valence-corrected chi connectivity index (χ0v) is 12.0. The Hall–Kier alpha value is -1.68. The number of aryl methyl sites for hydroxylation is 2. The van der Waals surface area contributed by atoms with Gasteiger partial charge in [-0.15, -0.1) is 0 Å². The summed E-state index contributed by atoms with van der Waals surface area (Å²) < 4.78 is 1.94. The quantitative estimate of drug-likeness (QED) is 0.927. The van der Waals surface area contributed by atoms with Crippen molar-refractivity contribution in [1.29, 1.82) is 0 Å². The van der Waals surface area contributed by atoms with Gasteiger partial charge in [-0.05, 0) is 43.2 Å². The fraction of sp³-hybridized carbons (Fsp3) is 0.500. The van der Waals surface area contributed by atoms with Gasteiger partial charge in [-0.1, -0.05) is 24.3 Å². The van der Waals surface area contributed by atoms with Crippen LogP contribution < -0.4 is 5.73 Å². The van der Waals surface area contributed by atoms with E-state index in [1.54, 1.807) is 6.33 Å². The number of hydrogen-bond acceptors (Lipinski definition) is 3. The first-order chi connectivity index (χ1) is 9.79. The number of fused-ring (bicyclic) bond motifs is 1. The van der Waals surface area contributed by atoms with Gasteiger partial charge < -0.3 is 5.73 Å². The molecule has 20 heavy (non-hydrogen) atoms. The topological polar surface area (TPSA) is 56.7 Å². The van der Waals surface area contributed by atoms with Crippen molar-refractivity contribution in [3.8, 4) is 0 Å². The lowest BCUT2D eigenvalue weighted by molar-refractivity contribution is 0.445. The van der Waals surface area contributed by atoms with Crippen LogP contribution in [0.3, 0.4) is 0 Å². The van der Waals surface area contributed by atoms with Crippen LogP contribution in [0.1, 0.15) is 42.6 Å². The Morgan fingerprint density at radius 3 is 3.10 bits per heavy atom. The molecule has 4 nitrogen and oxygen atoms in total. The summed E-state index contributed by atoms with van der Waals surface area (Å²) in [6.45, 7) is 2.93. The molecular weight excluding hydrogens is 248 g/mol. The highest BCUT2D eigenvalue weighted by Gasteiger charge is 2.26. The van der Waals surface area contributed by atoms with Gasteiger partial charge in [0.25, 0.3) is 0 Å². The smallest absolute Gasteiger partial charge is 0.138 e. The molecule has 0 saturated carbocycles. The molecule has 0 spiro atoms. The van der Waals surface area contributed by atoms with Crippen molar-refractivity contribution in [3.05, 3.63) is 47.5 Å². The van der Waals surface area contributed by atoms with E-state index in [1.165, 1.54) is 30.4 Å². The zero-order valence-electron chi connectivity index (χ0n) is 12.0. The Morgan fingerprint density at radius 2 is 2.25 bits per heavy atom. The van der Waals surface area contributed by atoms with Crippen LogP contribution >= 0.6 is 0 Å². The van der Waals surface area contributed by atoms with Crippen LogP contribution in [0.5, 0.6) is 0 Å². The molecule has 2 atom stereocenters. The first kappa shape index (κ1) is 13.3. The van der Waals surface area contributed by atoms with E-state index in [-0.39, 0.29) is 6.04 Å². The van der Waals surface area contributed by atoms with E-state index >= 15 is 0 Å². The highest BCUT2D eigenvalue weighted by molar-refractivity contribution is 5.33. The highest BCUT2D eigenvalue weighted by Crippen LogP contribution is 2.33. The SMILES string of the molecule is CCn1ncnc1CC(N)C1CCCc2ccccc21. The summed E-state index contributed by atoms with van der Waals surface area (Å²) in [4.78, 5) is 4.35. The normalized spacial score (nSPS) is 19.6. The maximum absolute atomic E-state index is 6.50. The molecule has 4 heteroatoms. The molecular formula is C16H22N4. The van der Waals surface area contributed by atoms with Crippen molar-refractivity contribution in [2.24, 2.45) is 5.73 Å². The lowest BCUT2D eigenvalue weighted by atomic mass is 9.78. The number of aromatic nitrogens is 3. The standard InChI is InChI=1S/C16H22N4/c1-2-20-16(18-11-19-20)10-15(17)14-9-5-7-12-6-3-4-8-13(12)14/h3-4,6,8,11,14-15H,2,5,7,9-10,17H2,1H3. The van der Waals surface area contributed by atoms with E-state index in [4.69, 9.17) is 5.73 Å². The molecule has 1 aromatic carbocycles. The van der Waals surface area contributed by atoms with Gasteiger partial charge in [-0.3, -0.25) is 4.68 Å². The first-order valence-corrected chi connectivity index (χ1v) is 7.49. The monoisotopic (exact) mass is 270 g/mol. The summed E-state index contributed by atoms with van der Waals surface area (Å²) in [5.74, 6) is 1.45. The van der Waals surface area contributed by atoms with Gasteiger partial charge in [0.15, 0.2) is 0 Å². The van der Waals surface area contributed by atoms with E-state index in [2.05, 4.69) is 41.3 Å². The van der Waals surface area contributed by atoms with E-state index in [1.807, 2.05) is 4.68 Å². The predicted molar refractivity (Wildman–Crippen MR) is 79.5 cm³/mol. The molecule has 0 fully saturated rings. The Bertz CT molecular complexity index is 575. The lowest BCUT2D eigenvalue weighted by Gasteiger charge is -2.30. The van der Waals surface area contributed by atoms with Gasteiger partial charge in [0.2, 0.25) is 0 Å². The molecule has 1 aliphatic carbocycles. The predicted octanol–water partition coefficient (Wildman–Crippen LogP) is 2.29. The minimum atomic E-state index is 0.117. The van der Waals surface area contributed by atoms with Crippen LogP contribution in [-0.4, -0.2) is 20.8 Å². The van der Waals surface area contributed by atoms with E-state index in [0.717, 1.165) is 18.8 Å². The molecule has 0 radical (unpaired) electrons. The molecule has 2 aromatic rings. The molecule has 2 N–H and O–H groups in total. The number of benzene rings is 1. The summed E-state index contributed by atoms with van der Waals surface area (Å²) in [7, 11) is 0. The summed E-state index contributed by atoms with van der Waals surface area (Å²) in [5.41, 5.74) is 9.40. The van der Waals surface area contributed by atoms with Crippen molar-refractivity contribution < 1.29 is 0 Å².